The SMILES string of the molecule is CC(C)CC(CC(C)C)N1CC(N2CCNCC2)C1. The van der Waals surface area contributed by atoms with Crippen molar-refractivity contribution in [2.45, 2.75) is 52.6 Å². The van der Waals surface area contributed by atoms with Crippen LogP contribution in [0, 0.1) is 11.8 Å². The molecule has 112 valence electrons. The summed E-state index contributed by atoms with van der Waals surface area (Å²) in [4.78, 5) is 5.43. The van der Waals surface area contributed by atoms with Gasteiger partial charge in [0.25, 0.3) is 0 Å². The molecule has 0 saturated carbocycles. The summed E-state index contributed by atoms with van der Waals surface area (Å²) in [6.45, 7) is 16.9. The van der Waals surface area contributed by atoms with Crippen LogP contribution in [0.25, 0.3) is 0 Å². The minimum absolute atomic E-state index is 0.819. The Bertz CT molecular complexity index is 243. The van der Waals surface area contributed by atoms with Crippen molar-refractivity contribution in [2.24, 2.45) is 11.8 Å². The second-order valence-corrected chi connectivity index (χ2v) is 7.31. The molecule has 2 aliphatic heterocycles. The van der Waals surface area contributed by atoms with Crippen LogP contribution in [0.4, 0.5) is 0 Å². The van der Waals surface area contributed by atoms with Crippen LogP contribution in [0.1, 0.15) is 40.5 Å². The molecular weight excluding hydrogens is 234 g/mol. The Morgan fingerprint density at radius 3 is 1.95 bits per heavy atom. The van der Waals surface area contributed by atoms with Gasteiger partial charge in [-0.3, -0.25) is 9.80 Å². The first-order valence-electron chi connectivity index (χ1n) is 8.25. The fourth-order valence-corrected chi connectivity index (χ4v) is 3.55. The fraction of sp³-hybridized carbons (Fsp3) is 1.00. The normalized spacial score (nSPS) is 23.5. The van der Waals surface area contributed by atoms with E-state index in [0.717, 1.165) is 23.9 Å². The van der Waals surface area contributed by atoms with Gasteiger partial charge < -0.3 is 5.32 Å². The number of rotatable bonds is 6. The molecule has 3 heteroatoms. The van der Waals surface area contributed by atoms with Gasteiger partial charge in [0, 0.05) is 51.4 Å². The maximum Gasteiger partial charge on any atom is 0.0351 e. The molecule has 0 aliphatic carbocycles. The van der Waals surface area contributed by atoms with Gasteiger partial charge in [0.2, 0.25) is 0 Å². The molecule has 0 radical (unpaired) electrons. The zero-order chi connectivity index (χ0) is 13.8. The maximum atomic E-state index is 3.45. The molecule has 19 heavy (non-hydrogen) atoms. The van der Waals surface area contributed by atoms with Gasteiger partial charge in [-0.05, 0) is 24.7 Å². The van der Waals surface area contributed by atoms with Crippen LogP contribution < -0.4 is 5.32 Å². The molecule has 2 heterocycles. The molecule has 0 aromatic rings. The summed E-state index contributed by atoms with van der Waals surface area (Å²) in [5.41, 5.74) is 0. The summed E-state index contributed by atoms with van der Waals surface area (Å²) in [5.74, 6) is 1.64. The van der Waals surface area contributed by atoms with Gasteiger partial charge in [0.05, 0.1) is 0 Å². The molecule has 0 bridgehead atoms. The monoisotopic (exact) mass is 267 g/mol. The lowest BCUT2D eigenvalue weighted by Gasteiger charge is -2.50. The number of hydrogen-bond acceptors (Lipinski definition) is 3. The minimum Gasteiger partial charge on any atom is -0.314 e. The molecule has 0 aromatic heterocycles. The highest BCUT2D eigenvalue weighted by atomic mass is 15.3. The summed E-state index contributed by atoms with van der Waals surface area (Å²) >= 11 is 0. The second kappa shape index (κ2) is 7.05. The van der Waals surface area contributed by atoms with Crippen molar-refractivity contribution in [3.8, 4) is 0 Å². The predicted molar refractivity (Wildman–Crippen MR) is 82.5 cm³/mol. The number of likely N-dealkylation sites (tertiary alicyclic amines) is 1. The molecule has 2 fully saturated rings. The Morgan fingerprint density at radius 2 is 1.47 bits per heavy atom. The van der Waals surface area contributed by atoms with Gasteiger partial charge in [0.1, 0.15) is 0 Å². The lowest BCUT2D eigenvalue weighted by molar-refractivity contribution is -0.0112. The van der Waals surface area contributed by atoms with Gasteiger partial charge in [-0.2, -0.15) is 0 Å². The third kappa shape index (κ3) is 4.44. The van der Waals surface area contributed by atoms with Crippen LogP contribution in [0.3, 0.4) is 0 Å². The average Bonchev–Trinajstić information content (AvgIpc) is 2.26. The van der Waals surface area contributed by atoms with Crippen LogP contribution in [-0.4, -0.2) is 61.2 Å². The number of piperazine rings is 1. The van der Waals surface area contributed by atoms with Crippen molar-refractivity contribution in [3.63, 3.8) is 0 Å². The Kier molecular flexibility index (Phi) is 5.67. The van der Waals surface area contributed by atoms with Gasteiger partial charge in [0.15, 0.2) is 0 Å². The number of nitrogens with one attached hydrogen (secondary N) is 1. The Morgan fingerprint density at radius 1 is 0.947 bits per heavy atom. The van der Waals surface area contributed by atoms with Crippen LogP contribution in [-0.2, 0) is 0 Å². The first-order chi connectivity index (χ1) is 9.06. The molecule has 0 atom stereocenters. The summed E-state index contributed by atoms with van der Waals surface area (Å²) in [7, 11) is 0. The van der Waals surface area contributed by atoms with E-state index in [1.54, 1.807) is 0 Å². The number of nitrogens with zero attached hydrogens (tertiary/aromatic N) is 2. The maximum absolute atomic E-state index is 3.45. The van der Waals surface area contributed by atoms with Gasteiger partial charge in [-0.15, -0.1) is 0 Å². The fourth-order valence-electron chi connectivity index (χ4n) is 3.55. The quantitative estimate of drug-likeness (QED) is 0.794. The largest absolute Gasteiger partial charge is 0.314 e. The highest BCUT2D eigenvalue weighted by molar-refractivity contribution is 4.93. The van der Waals surface area contributed by atoms with Crippen molar-refractivity contribution < 1.29 is 0 Å². The molecule has 0 unspecified atom stereocenters. The van der Waals surface area contributed by atoms with E-state index in [0.29, 0.717) is 0 Å². The van der Waals surface area contributed by atoms with E-state index >= 15 is 0 Å². The molecule has 3 nitrogen and oxygen atoms in total. The first-order valence-corrected chi connectivity index (χ1v) is 8.25. The molecule has 2 aliphatic rings. The van der Waals surface area contributed by atoms with E-state index in [9.17, 15) is 0 Å². The summed E-state index contributed by atoms with van der Waals surface area (Å²) in [6, 6.07) is 1.66. The molecular formula is C16H33N3. The smallest absolute Gasteiger partial charge is 0.0351 e. The lowest BCUT2D eigenvalue weighted by atomic mass is 9.91. The van der Waals surface area contributed by atoms with E-state index in [2.05, 4.69) is 42.8 Å². The minimum atomic E-state index is 0.819. The Labute approximate surface area is 119 Å². The average molecular weight is 267 g/mol. The van der Waals surface area contributed by atoms with E-state index < -0.39 is 0 Å². The van der Waals surface area contributed by atoms with Crippen LogP contribution in [0.2, 0.25) is 0 Å². The second-order valence-electron chi connectivity index (χ2n) is 7.31. The lowest BCUT2D eigenvalue weighted by Crippen LogP contribution is -2.65. The van der Waals surface area contributed by atoms with Gasteiger partial charge in [-0.25, -0.2) is 0 Å². The van der Waals surface area contributed by atoms with Crippen molar-refractivity contribution in [1.29, 1.82) is 0 Å². The van der Waals surface area contributed by atoms with Crippen LogP contribution >= 0.6 is 0 Å². The van der Waals surface area contributed by atoms with Crippen LogP contribution in [0.15, 0.2) is 0 Å². The van der Waals surface area contributed by atoms with Gasteiger partial charge in [-0.1, -0.05) is 27.7 Å². The van der Waals surface area contributed by atoms with Crippen molar-refractivity contribution in [3.05, 3.63) is 0 Å². The predicted octanol–water partition coefficient (Wildman–Crippen LogP) is 2.04. The summed E-state index contributed by atoms with van der Waals surface area (Å²) in [6.07, 6.45) is 2.74. The van der Waals surface area contributed by atoms with E-state index in [-0.39, 0.29) is 0 Å². The molecule has 0 spiro atoms. The molecule has 2 rings (SSSR count). The van der Waals surface area contributed by atoms with Crippen molar-refractivity contribution in [1.82, 2.24) is 15.1 Å². The zero-order valence-corrected chi connectivity index (χ0v) is 13.4. The number of hydrogen-bond donors (Lipinski definition) is 1. The van der Waals surface area contributed by atoms with E-state index in [1.807, 2.05) is 0 Å². The molecule has 1 N–H and O–H groups in total. The molecule has 0 aromatic carbocycles. The van der Waals surface area contributed by atoms with Gasteiger partial charge >= 0.3 is 0 Å². The van der Waals surface area contributed by atoms with Crippen molar-refractivity contribution in [2.75, 3.05) is 39.3 Å². The summed E-state index contributed by atoms with van der Waals surface area (Å²) < 4.78 is 0. The molecule has 2 saturated heterocycles. The third-order valence-electron chi connectivity index (χ3n) is 4.56. The van der Waals surface area contributed by atoms with E-state index in [4.69, 9.17) is 0 Å². The highest BCUT2D eigenvalue weighted by Gasteiger charge is 2.36. The van der Waals surface area contributed by atoms with Crippen molar-refractivity contribution >= 4 is 0 Å². The molecule has 0 amide bonds. The summed E-state index contributed by atoms with van der Waals surface area (Å²) in [5, 5.41) is 3.45. The standard InChI is InChI=1S/C16H33N3/c1-13(2)9-15(10-14(3)4)19-11-16(12-19)18-7-5-17-6-8-18/h13-17H,5-12H2,1-4H3. The topological polar surface area (TPSA) is 18.5 Å². The van der Waals surface area contributed by atoms with Crippen LogP contribution in [0.5, 0.6) is 0 Å². The Balaban J connectivity index is 1.77. The first kappa shape index (κ1) is 15.3. The Hall–Kier alpha value is -0.120. The highest BCUT2D eigenvalue weighted by Crippen LogP contribution is 2.26. The van der Waals surface area contributed by atoms with E-state index in [1.165, 1.54) is 52.1 Å². The zero-order valence-electron chi connectivity index (χ0n) is 13.4. The third-order valence-corrected chi connectivity index (χ3v) is 4.56.